The van der Waals surface area contributed by atoms with Gasteiger partial charge in [0.2, 0.25) is 0 Å². The third-order valence-corrected chi connectivity index (χ3v) is 4.31. The van der Waals surface area contributed by atoms with E-state index >= 15 is 0 Å². The second-order valence-electron chi connectivity index (χ2n) is 6.40. The number of rotatable bonds is 6. The molecule has 0 radical (unpaired) electrons. The lowest BCUT2D eigenvalue weighted by atomic mass is 10.2. The summed E-state index contributed by atoms with van der Waals surface area (Å²) in [5, 5.41) is 0. The van der Waals surface area contributed by atoms with Gasteiger partial charge in [0.1, 0.15) is 17.8 Å². The predicted molar refractivity (Wildman–Crippen MR) is 89.1 cm³/mol. The van der Waals surface area contributed by atoms with Crippen molar-refractivity contribution in [2.45, 2.75) is 45.8 Å². The molecule has 1 fully saturated rings. The van der Waals surface area contributed by atoms with Gasteiger partial charge in [0.15, 0.2) is 0 Å². The van der Waals surface area contributed by atoms with Crippen LogP contribution in [0.3, 0.4) is 0 Å². The van der Waals surface area contributed by atoms with Gasteiger partial charge in [-0.1, -0.05) is 13.3 Å². The Morgan fingerprint density at radius 3 is 3.04 bits per heavy atom. The highest BCUT2D eigenvalue weighted by Crippen LogP contribution is 2.22. The van der Waals surface area contributed by atoms with Crippen LogP contribution in [-0.2, 0) is 24.8 Å². The highest BCUT2D eigenvalue weighted by Gasteiger charge is 2.25. The van der Waals surface area contributed by atoms with Crippen molar-refractivity contribution < 1.29 is 4.74 Å². The molecule has 126 valence electrons. The van der Waals surface area contributed by atoms with Crippen LogP contribution in [0.4, 0.5) is 0 Å². The highest BCUT2D eigenvalue weighted by atomic mass is 16.5. The minimum atomic E-state index is 0.0462. The monoisotopic (exact) mass is 317 g/mol. The molecule has 3 heterocycles. The summed E-state index contributed by atoms with van der Waals surface area (Å²) in [6.45, 7) is 7.68. The summed E-state index contributed by atoms with van der Waals surface area (Å²) >= 11 is 0. The lowest BCUT2D eigenvalue weighted by molar-refractivity contribution is -0.0387. The Balaban J connectivity index is 1.60. The molecule has 0 bridgehead atoms. The van der Waals surface area contributed by atoms with Crippen molar-refractivity contribution in [3.05, 3.63) is 35.4 Å². The third kappa shape index (κ3) is 4.00. The maximum absolute atomic E-state index is 5.93. The molecule has 1 unspecified atom stereocenters. The van der Waals surface area contributed by atoms with Crippen molar-refractivity contribution in [1.82, 2.24) is 24.4 Å². The van der Waals surface area contributed by atoms with Gasteiger partial charge in [0.05, 0.1) is 12.3 Å². The van der Waals surface area contributed by atoms with E-state index in [1.165, 1.54) is 18.5 Å². The lowest BCUT2D eigenvalue weighted by Gasteiger charge is -2.32. The van der Waals surface area contributed by atoms with E-state index in [9.17, 15) is 0 Å². The molecule has 1 saturated heterocycles. The van der Waals surface area contributed by atoms with Gasteiger partial charge in [-0.3, -0.25) is 4.90 Å². The number of ether oxygens (including phenoxy) is 1. The van der Waals surface area contributed by atoms with Crippen LogP contribution in [0, 0.1) is 6.92 Å². The van der Waals surface area contributed by atoms with Gasteiger partial charge in [-0.2, -0.15) is 0 Å². The number of hydrogen-bond donors (Lipinski definition) is 1. The Hall–Kier alpha value is -1.66. The molecule has 0 amide bonds. The summed E-state index contributed by atoms with van der Waals surface area (Å²) in [6, 6.07) is 0. The Morgan fingerprint density at radius 1 is 1.43 bits per heavy atom. The molecular formula is C17H27N5O. The van der Waals surface area contributed by atoms with E-state index in [0.29, 0.717) is 0 Å². The molecule has 0 aromatic carbocycles. The van der Waals surface area contributed by atoms with Crippen molar-refractivity contribution in [2.75, 3.05) is 19.7 Å². The number of unbranched alkanes of at least 4 members (excludes halogenated alkanes) is 1. The van der Waals surface area contributed by atoms with E-state index in [0.717, 1.165) is 50.0 Å². The molecule has 1 atom stereocenters. The Labute approximate surface area is 137 Å². The summed E-state index contributed by atoms with van der Waals surface area (Å²) in [7, 11) is 2.03. The van der Waals surface area contributed by atoms with E-state index in [2.05, 4.69) is 31.3 Å². The van der Waals surface area contributed by atoms with Crippen LogP contribution in [-0.4, -0.2) is 44.1 Å². The lowest BCUT2D eigenvalue weighted by Crippen LogP contribution is -2.38. The first kappa shape index (κ1) is 16.2. The fourth-order valence-electron chi connectivity index (χ4n) is 3.13. The third-order valence-electron chi connectivity index (χ3n) is 4.31. The number of nitrogens with one attached hydrogen (secondary N) is 1. The number of nitrogens with zero attached hydrogens (tertiary/aromatic N) is 4. The van der Waals surface area contributed by atoms with Crippen LogP contribution < -0.4 is 0 Å². The zero-order chi connectivity index (χ0) is 16.2. The van der Waals surface area contributed by atoms with E-state index in [-0.39, 0.29) is 6.10 Å². The van der Waals surface area contributed by atoms with Crippen LogP contribution in [0.15, 0.2) is 12.4 Å². The largest absolute Gasteiger partial charge is 0.368 e. The van der Waals surface area contributed by atoms with Crippen LogP contribution in [0.25, 0.3) is 0 Å². The molecular weight excluding hydrogens is 290 g/mol. The van der Waals surface area contributed by atoms with Crippen LogP contribution >= 0.6 is 0 Å². The van der Waals surface area contributed by atoms with Gasteiger partial charge in [0, 0.05) is 51.2 Å². The molecule has 2 aromatic heterocycles. The van der Waals surface area contributed by atoms with Gasteiger partial charge in [-0.05, 0) is 13.3 Å². The van der Waals surface area contributed by atoms with Crippen LogP contribution in [0.5, 0.6) is 0 Å². The number of morpholine rings is 1. The molecule has 23 heavy (non-hydrogen) atoms. The van der Waals surface area contributed by atoms with Crippen molar-refractivity contribution in [1.29, 1.82) is 0 Å². The summed E-state index contributed by atoms with van der Waals surface area (Å²) in [4.78, 5) is 15.0. The summed E-state index contributed by atoms with van der Waals surface area (Å²) in [5.74, 6) is 2.12. The fraction of sp³-hybridized carbons (Fsp3) is 0.647. The minimum Gasteiger partial charge on any atom is -0.368 e. The molecule has 1 aliphatic heterocycles. The second-order valence-corrected chi connectivity index (χ2v) is 6.40. The molecule has 1 N–H and O–H groups in total. The van der Waals surface area contributed by atoms with Crippen LogP contribution in [0.1, 0.15) is 48.9 Å². The van der Waals surface area contributed by atoms with Gasteiger partial charge >= 0.3 is 0 Å². The SMILES string of the molecule is CCCCc1ncc(CN2CCOC(c3nc(C)cn3C)C2)[nH]1. The number of hydrogen-bond acceptors (Lipinski definition) is 4. The van der Waals surface area contributed by atoms with Crippen molar-refractivity contribution in [3.63, 3.8) is 0 Å². The van der Waals surface area contributed by atoms with Gasteiger partial charge in [0.25, 0.3) is 0 Å². The Bertz CT molecular complexity index is 633. The molecule has 3 rings (SSSR count). The van der Waals surface area contributed by atoms with E-state index in [4.69, 9.17) is 4.74 Å². The molecule has 6 nitrogen and oxygen atoms in total. The molecule has 0 spiro atoms. The number of imidazole rings is 2. The topological polar surface area (TPSA) is 59.0 Å². The zero-order valence-corrected chi connectivity index (χ0v) is 14.4. The number of aryl methyl sites for hydroxylation is 3. The zero-order valence-electron chi connectivity index (χ0n) is 14.4. The first-order valence-electron chi connectivity index (χ1n) is 8.52. The van der Waals surface area contributed by atoms with E-state index < -0.39 is 0 Å². The van der Waals surface area contributed by atoms with E-state index in [1.54, 1.807) is 0 Å². The van der Waals surface area contributed by atoms with Crippen molar-refractivity contribution in [3.8, 4) is 0 Å². The van der Waals surface area contributed by atoms with Crippen LogP contribution in [0.2, 0.25) is 0 Å². The molecule has 2 aromatic rings. The maximum Gasteiger partial charge on any atom is 0.139 e. The fourth-order valence-corrected chi connectivity index (χ4v) is 3.13. The number of H-pyrrole nitrogens is 1. The number of aromatic amines is 1. The molecule has 0 saturated carbocycles. The molecule has 6 heteroatoms. The summed E-state index contributed by atoms with van der Waals surface area (Å²) in [5.41, 5.74) is 2.23. The average molecular weight is 317 g/mol. The standard InChI is InChI=1S/C17H27N5O/c1-4-5-6-16-18-9-14(20-16)11-22-7-8-23-15(12-22)17-19-13(2)10-21(17)3/h9-10,15H,4-8,11-12H2,1-3H3,(H,18,20). The first-order chi connectivity index (χ1) is 11.2. The second kappa shape index (κ2) is 7.27. The normalized spacial score (nSPS) is 19.3. The summed E-state index contributed by atoms with van der Waals surface area (Å²) < 4.78 is 8.01. The van der Waals surface area contributed by atoms with Gasteiger partial charge < -0.3 is 14.3 Å². The number of aromatic nitrogens is 4. The van der Waals surface area contributed by atoms with Crippen molar-refractivity contribution in [2.24, 2.45) is 7.05 Å². The smallest absolute Gasteiger partial charge is 0.139 e. The minimum absolute atomic E-state index is 0.0462. The first-order valence-corrected chi connectivity index (χ1v) is 8.52. The predicted octanol–water partition coefficient (Wildman–Crippen LogP) is 2.37. The highest BCUT2D eigenvalue weighted by molar-refractivity contribution is 5.06. The Morgan fingerprint density at radius 2 is 2.30 bits per heavy atom. The Kier molecular flexibility index (Phi) is 5.13. The quantitative estimate of drug-likeness (QED) is 0.888. The molecule has 0 aliphatic carbocycles. The average Bonchev–Trinajstić information content (AvgIpc) is 3.11. The summed E-state index contributed by atoms with van der Waals surface area (Å²) in [6.07, 6.45) is 7.49. The molecule has 1 aliphatic rings. The maximum atomic E-state index is 5.93. The van der Waals surface area contributed by atoms with Gasteiger partial charge in [-0.15, -0.1) is 0 Å². The van der Waals surface area contributed by atoms with Crippen molar-refractivity contribution >= 4 is 0 Å². The van der Waals surface area contributed by atoms with E-state index in [1.807, 2.05) is 26.4 Å². The van der Waals surface area contributed by atoms with Gasteiger partial charge in [-0.25, -0.2) is 9.97 Å².